The minimum atomic E-state index is 0.0941. The zero-order valence-electron chi connectivity index (χ0n) is 15.0. The van der Waals surface area contributed by atoms with E-state index < -0.39 is 0 Å². The molecular weight excluding hydrogens is 316 g/mol. The fraction of sp³-hybridized carbons (Fsp3) is 0.632. The van der Waals surface area contributed by atoms with Crippen LogP contribution < -0.4 is 11.1 Å². The molecule has 1 aromatic rings. The average Bonchev–Trinajstić information content (AvgIpc) is 2.64. The highest BCUT2D eigenvalue weighted by atomic mass is 16.5. The van der Waals surface area contributed by atoms with Gasteiger partial charge in [-0.15, -0.1) is 0 Å². The van der Waals surface area contributed by atoms with Gasteiger partial charge in [0.05, 0.1) is 19.8 Å². The zero-order valence-corrected chi connectivity index (χ0v) is 15.0. The van der Waals surface area contributed by atoms with Gasteiger partial charge in [-0.2, -0.15) is 0 Å². The summed E-state index contributed by atoms with van der Waals surface area (Å²) in [7, 11) is 0. The number of morpholine rings is 1. The highest BCUT2D eigenvalue weighted by molar-refractivity contribution is 5.78. The maximum atomic E-state index is 12.3. The lowest BCUT2D eigenvalue weighted by molar-refractivity contribution is -0.122. The van der Waals surface area contributed by atoms with Crippen LogP contribution in [0.1, 0.15) is 24.0 Å². The second kappa shape index (κ2) is 9.29. The van der Waals surface area contributed by atoms with Gasteiger partial charge < -0.3 is 15.8 Å². The first kappa shape index (κ1) is 18.3. The SMILES string of the molecule is NC1CCN(CC(=O)NCc2ccccc2CN2CCOCC2)CC1. The number of likely N-dealkylation sites (tertiary alicyclic amines) is 1. The van der Waals surface area contributed by atoms with Gasteiger partial charge in [0.15, 0.2) is 0 Å². The van der Waals surface area contributed by atoms with Crippen molar-refractivity contribution in [2.75, 3.05) is 45.9 Å². The largest absolute Gasteiger partial charge is 0.379 e. The van der Waals surface area contributed by atoms with Gasteiger partial charge in [0.25, 0.3) is 0 Å². The van der Waals surface area contributed by atoms with Crippen LogP contribution in [0.15, 0.2) is 24.3 Å². The van der Waals surface area contributed by atoms with Crippen molar-refractivity contribution in [3.8, 4) is 0 Å². The molecule has 2 fully saturated rings. The monoisotopic (exact) mass is 346 g/mol. The number of carbonyl (C=O) groups is 1. The number of nitrogens with two attached hydrogens (primary N) is 1. The van der Waals surface area contributed by atoms with E-state index in [9.17, 15) is 4.79 Å². The highest BCUT2D eigenvalue weighted by Gasteiger charge is 2.18. The Hall–Kier alpha value is -1.47. The van der Waals surface area contributed by atoms with Gasteiger partial charge in [-0.3, -0.25) is 14.6 Å². The van der Waals surface area contributed by atoms with Gasteiger partial charge in [-0.1, -0.05) is 24.3 Å². The Balaban J connectivity index is 1.48. The summed E-state index contributed by atoms with van der Waals surface area (Å²) in [5.74, 6) is 0.0941. The lowest BCUT2D eigenvalue weighted by Crippen LogP contribution is -2.44. The summed E-state index contributed by atoms with van der Waals surface area (Å²) >= 11 is 0. The van der Waals surface area contributed by atoms with Crippen molar-refractivity contribution in [2.24, 2.45) is 5.73 Å². The Bertz CT molecular complexity index is 552. The van der Waals surface area contributed by atoms with E-state index in [2.05, 4.69) is 33.3 Å². The van der Waals surface area contributed by atoms with Gasteiger partial charge in [-0.05, 0) is 24.0 Å². The number of hydrogen-bond donors (Lipinski definition) is 2. The van der Waals surface area contributed by atoms with Crippen LogP contribution >= 0.6 is 0 Å². The summed E-state index contributed by atoms with van der Waals surface area (Å²) in [6.45, 7) is 7.36. The molecule has 0 aliphatic carbocycles. The maximum absolute atomic E-state index is 12.3. The predicted octanol–water partition coefficient (Wildman–Crippen LogP) is 0.558. The second-order valence-electron chi connectivity index (χ2n) is 7.05. The van der Waals surface area contributed by atoms with Crippen LogP contribution in [0, 0.1) is 0 Å². The number of benzene rings is 1. The molecule has 6 nitrogen and oxygen atoms in total. The van der Waals surface area contributed by atoms with Crippen molar-refractivity contribution in [1.82, 2.24) is 15.1 Å². The molecule has 0 atom stereocenters. The van der Waals surface area contributed by atoms with E-state index in [0.717, 1.165) is 58.8 Å². The number of carbonyl (C=O) groups excluding carboxylic acids is 1. The molecule has 0 radical (unpaired) electrons. The number of ether oxygens (including phenoxy) is 1. The number of hydrogen-bond acceptors (Lipinski definition) is 5. The molecule has 2 aliphatic heterocycles. The first-order valence-electron chi connectivity index (χ1n) is 9.32. The van der Waals surface area contributed by atoms with Gasteiger partial charge in [-0.25, -0.2) is 0 Å². The first-order chi connectivity index (χ1) is 12.2. The third kappa shape index (κ3) is 5.78. The van der Waals surface area contributed by atoms with Crippen LogP contribution in [0.5, 0.6) is 0 Å². The van der Waals surface area contributed by atoms with Gasteiger partial charge in [0.2, 0.25) is 5.91 Å². The molecule has 2 saturated heterocycles. The highest BCUT2D eigenvalue weighted by Crippen LogP contribution is 2.13. The van der Waals surface area contributed by atoms with E-state index in [0.29, 0.717) is 19.1 Å². The molecule has 6 heteroatoms. The van der Waals surface area contributed by atoms with E-state index in [1.807, 2.05) is 6.07 Å². The number of nitrogens with one attached hydrogen (secondary N) is 1. The summed E-state index contributed by atoms with van der Waals surface area (Å²) in [5.41, 5.74) is 8.40. The van der Waals surface area contributed by atoms with Gasteiger partial charge in [0.1, 0.15) is 0 Å². The van der Waals surface area contributed by atoms with E-state index in [-0.39, 0.29) is 5.91 Å². The molecule has 0 spiro atoms. The number of rotatable bonds is 6. The molecule has 1 amide bonds. The zero-order chi connectivity index (χ0) is 17.5. The van der Waals surface area contributed by atoms with Crippen molar-refractivity contribution in [3.05, 3.63) is 35.4 Å². The lowest BCUT2D eigenvalue weighted by Gasteiger charge is -2.29. The Labute approximate surface area is 150 Å². The quantitative estimate of drug-likeness (QED) is 0.788. The van der Waals surface area contributed by atoms with Crippen LogP contribution in [0.3, 0.4) is 0 Å². The predicted molar refractivity (Wildman–Crippen MR) is 98.0 cm³/mol. The summed E-state index contributed by atoms with van der Waals surface area (Å²) in [6.07, 6.45) is 1.96. The minimum absolute atomic E-state index is 0.0941. The molecule has 0 unspecified atom stereocenters. The van der Waals surface area contributed by atoms with E-state index in [4.69, 9.17) is 10.5 Å². The molecule has 25 heavy (non-hydrogen) atoms. The lowest BCUT2D eigenvalue weighted by atomic mass is 10.1. The molecule has 3 rings (SSSR count). The van der Waals surface area contributed by atoms with Crippen molar-refractivity contribution < 1.29 is 9.53 Å². The number of nitrogens with zero attached hydrogens (tertiary/aromatic N) is 2. The summed E-state index contributed by atoms with van der Waals surface area (Å²) in [5, 5.41) is 3.08. The summed E-state index contributed by atoms with van der Waals surface area (Å²) < 4.78 is 5.41. The molecule has 0 aromatic heterocycles. The standard InChI is InChI=1S/C19H30N4O2/c20-18-5-7-22(8-6-18)15-19(24)21-13-16-3-1-2-4-17(16)14-23-9-11-25-12-10-23/h1-4,18H,5-15,20H2,(H,21,24). The molecule has 1 aromatic carbocycles. The van der Waals surface area contributed by atoms with Gasteiger partial charge in [0, 0.05) is 45.3 Å². The molecule has 2 heterocycles. The Morgan fingerprint density at radius 2 is 1.76 bits per heavy atom. The molecular formula is C19H30N4O2. The van der Waals surface area contributed by atoms with Crippen LogP contribution in [-0.4, -0.2) is 67.7 Å². The number of piperidine rings is 1. The Morgan fingerprint density at radius 3 is 2.48 bits per heavy atom. The second-order valence-corrected chi connectivity index (χ2v) is 7.05. The van der Waals surface area contributed by atoms with Crippen LogP contribution in [0.2, 0.25) is 0 Å². The molecule has 3 N–H and O–H groups in total. The van der Waals surface area contributed by atoms with Crippen molar-refractivity contribution in [1.29, 1.82) is 0 Å². The van der Waals surface area contributed by atoms with Crippen LogP contribution in [-0.2, 0) is 22.6 Å². The van der Waals surface area contributed by atoms with Gasteiger partial charge >= 0.3 is 0 Å². The van der Waals surface area contributed by atoms with Crippen molar-refractivity contribution >= 4 is 5.91 Å². The average molecular weight is 346 g/mol. The van der Waals surface area contributed by atoms with Crippen LogP contribution in [0.25, 0.3) is 0 Å². The van der Waals surface area contributed by atoms with Crippen LogP contribution in [0.4, 0.5) is 0 Å². The summed E-state index contributed by atoms with van der Waals surface area (Å²) in [6, 6.07) is 8.67. The third-order valence-electron chi connectivity index (χ3n) is 5.09. The molecule has 138 valence electrons. The summed E-state index contributed by atoms with van der Waals surface area (Å²) in [4.78, 5) is 16.9. The first-order valence-corrected chi connectivity index (χ1v) is 9.32. The maximum Gasteiger partial charge on any atom is 0.234 e. The van der Waals surface area contributed by atoms with E-state index >= 15 is 0 Å². The van der Waals surface area contributed by atoms with Crippen molar-refractivity contribution in [2.45, 2.75) is 32.0 Å². The third-order valence-corrected chi connectivity index (χ3v) is 5.09. The fourth-order valence-electron chi connectivity index (χ4n) is 3.45. The normalized spacial score (nSPS) is 20.5. The Kier molecular flexibility index (Phi) is 6.81. The molecule has 0 saturated carbocycles. The number of amides is 1. The fourth-order valence-corrected chi connectivity index (χ4v) is 3.45. The van der Waals surface area contributed by atoms with E-state index in [1.165, 1.54) is 11.1 Å². The smallest absolute Gasteiger partial charge is 0.234 e. The Morgan fingerprint density at radius 1 is 1.08 bits per heavy atom. The topological polar surface area (TPSA) is 70.8 Å². The molecule has 0 bridgehead atoms. The van der Waals surface area contributed by atoms with Crippen molar-refractivity contribution in [3.63, 3.8) is 0 Å². The minimum Gasteiger partial charge on any atom is -0.379 e. The van der Waals surface area contributed by atoms with E-state index in [1.54, 1.807) is 0 Å². The molecule has 2 aliphatic rings.